The second-order valence-corrected chi connectivity index (χ2v) is 7.96. The molecule has 1 aliphatic rings. The normalized spacial score (nSPS) is 30.7. The Bertz CT molecular complexity index is 570. The van der Waals surface area contributed by atoms with Crippen molar-refractivity contribution in [2.24, 2.45) is 5.41 Å². The van der Waals surface area contributed by atoms with Crippen LogP contribution in [-0.4, -0.2) is 26.2 Å². The highest BCUT2D eigenvalue weighted by Gasteiger charge is 2.51. The average Bonchev–Trinajstić information content (AvgIpc) is 2.36. The zero-order valence-corrected chi connectivity index (χ0v) is 13.0. The molecule has 2 rings (SSSR count). The topological polar surface area (TPSA) is 43.4 Å². The predicted octanol–water partition coefficient (Wildman–Crippen LogP) is 3.26. The van der Waals surface area contributed by atoms with E-state index in [0.717, 1.165) is 12.8 Å². The van der Waals surface area contributed by atoms with E-state index in [1.165, 1.54) is 6.26 Å². The van der Waals surface area contributed by atoms with Gasteiger partial charge in [-0.2, -0.15) is 0 Å². The summed E-state index contributed by atoms with van der Waals surface area (Å²) in [4.78, 5) is 0.282. The fraction of sp³-hybridized carbons (Fsp3) is 0.571. The fourth-order valence-electron chi connectivity index (χ4n) is 2.34. The number of hydrogen-bond donors (Lipinski definition) is 0. The van der Waals surface area contributed by atoms with Crippen LogP contribution < -0.4 is 4.74 Å². The van der Waals surface area contributed by atoms with E-state index < -0.39 is 9.84 Å². The lowest BCUT2D eigenvalue weighted by molar-refractivity contribution is -0.0296. The van der Waals surface area contributed by atoms with Gasteiger partial charge >= 0.3 is 0 Å². The molecule has 0 saturated heterocycles. The van der Waals surface area contributed by atoms with E-state index in [4.69, 9.17) is 16.3 Å². The first kappa shape index (κ1) is 14.7. The summed E-state index contributed by atoms with van der Waals surface area (Å²) in [7, 11) is -3.20. The summed E-state index contributed by atoms with van der Waals surface area (Å²) in [6.07, 6.45) is 2.99. The minimum atomic E-state index is -3.20. The van der Waals surface area contributed by atoms with Gasteiger partial charge in [0.1, 0.15) is 11.9 Å². The van der Waals surface area contributed by atoms with Crippen LogP contribution in [0.3, 0.4) is 0 Å². The van der Waals surface area contributed by atoms with Crippen molar-refractivity contribution >= 4 is 21.4 Å². The molecule has 3 nitrogen and oxygen atoms in total. The van der Waals surface area contributed by atoms with E-state index in [0.29, 0.717) is 5.75 Å². The molecule has 1 aromatic carbocycles. The lowest BCUT2D eigenvalue weighted by Gasteiger charge is -2.50. The lowest BCUT2D eigenvalue weighted by atomic mass is 9.65. The van der Waals surface area contributed by atoms with Gasteiger partial charge < -0.3 is 4.74 Å². The molecule has 1 fully saturated rings. The third-order valence-electron chi connectivity index (χ3n) is 4.15. The smallest absolute Gasteiger partial charge is 0.175 e. The molecule has 0 spiro atoms. The van der Waals surface area contributed by atoms with Gasteiger partial charge in [-0.05, 0) is 24.6 Å². The van der Waals surface area contributed by atoms with Crippen LogP contribution in [-0.2, 0) is 9.84 Å². The number of sulfone groups is 1. The average molecular weight is 303 g/mol. The van der Waals surface area contributed by atoms with E-state index in [1.807, 2.05) is 0 Å². The molecular formula is C14H19ClO3S. The van der Waals surface area contributed by atoms with Gasteiger partial charge in [-0.25, -0.2) is 8.42 Å². The van der Waals surface area contributed by atoms with Crippen LogP contribution in [0.5, 0.6) is 5.75 Å². The molecule has 0 aliphatic heterocycles. The Morgan fingerprint density at radius 1 is 1.47 bits per heavy atom. The molecule has 106 valence electrons. The van der Waals surface area contributed by atoms with Gasteiger partial charge in [0.15, 0.2) is 9.84 Å². The minimum absolute atomic E-state index is 0.0390. The van der Waals surface area contributed by atoms with Gasteiger partial charge in [0.25, 0.3) is 0 Å². The summed E-state index contributed by atoms with van der Waals surface area (Å²) in [5.41, 5.74) is -0.0390. The monoisotopic (exact) mass is 302 g/mol. The summed E-state index contributed by atoms with van der Waals surface area (Å²) in [6, 6.07) is 6.64. The highest BCUT2D eigenvalue weighted by Crippen LogP contribution is 2.49. The zero-order valence-electron chi connectivity index (χ0n) is 11.4. The van der Waals surface area contributed by atoms with Crippen LogP contribution in [0.4, 0.5) is 0 Å². The molecule has 1 aromatic rings. The molecule has 0 heterocycles. The molecule has 1 saturated carbocycles. The second-order valence-electron chi connectivity index (χ2n) is 5.42. The number of alkyl halides is 1. The number of halogens is 1. The highest BCUT2D eigenvalue weighted by atomic mass is 35.5. The molecule has 5 heteroatoms. The Kier molecular flexibility index (Phi) is 3.85. The number of rotatable bonds is 4. The van der Waals surface area contributed by atoms with Crippen molar-refractivity contribution in [1.29, 1.82) is 0 Å². The first-order chi connectivity index (χ1) is 8.77. The Labute approximate surface area is 119 Å². The number of benzene rings is 1. The molecule has 19 heavy (non-hydrogen) atoms. The fourth-order valence-corrected chi connectivity index (χ4v) is 3.45. The standard InChI is InChI=1S/C14H19ClO3S/c1-4-14(2)12(15)9-13(14)18-10-6-5-7-11(8-10)19(3,16)17/h5-8,12-13H,4,9H2,1-3H3. The Balaban J connectivity index is 2.17. The van der Waals surface area contributed by atoms with Gasteiger partial charge in [-0.1, -0.05) is 19.9 Å². The molecule has 1 aliphatic carbocycles. The third kappa shape index (κ3) is 2.75. The largest absolute Gasteiger partial charge is 0.490 e. The quantitative estimate of drug-likeness (QED) is 0.802. The number of hydrogen-bond acceptors (Lipinski definition) is 3. The third-order valence-corrected chi connectivity index (χ3v) is 5.93. The summed E-state index contributed by atoms with van der Waals surface area (Å²) >= 11 is 6.25. The second kappa shape index (κ2) is 4.98. The molecule has 3 atom stereocenters. The molecule has 0 aromatic heterocycles. The van der Waals surface area contributed by atoms with Crippen LogP contribution in [0.1, 0.15) is 26.7 Å². The maximum Gasteiger partial charge on any atom is 0.175 e. The van der Waals surface area contributed by atoms with E-state index >= 15 is 0 Å². The molecule has 3 unspecified atom stereocenters. The lowest BCUT2D eigenvalue weighted by Crippen LogP contribution is -2.55. The van der Waals surface area contributed by atoms with Crippen molar-refractivity contribution in [3.63, 3.8) is 0 Å². The summed E-state index contributed by atoms with van der Waals surface area (Å²) in [5.74, 6) is 0.594. The Morgan fingerprint density at radius 2 is 2.16 bits per heavy atom. The summed E-state index contributed by atoms with van der Waals surface area (Å²) in [6.45, 7) is 4.21. The van der Waals surface area contributed by atoms with Gasteiger partial charge in [-0.3, -0.25) is 0 Å². The Morgan fingerprint density at radius 3 is 2.68 bits per heavy atom. The summed E-state index contributed by atoms with van der Waals surface area (Å²) in [5, 5.41) is 0.126. The Hall–Kier alpha value is -0.740. The summed E-state index contributed by atoms with van der Waals surface area (Å²) < 4.78 is 28.9. The van der Waals surface area contributed by atoms with Gasteiger partial charge in [0, 0.05) is 23.5 Å². The van der Waals surface area contributed by atoms with Gasteiger partial charge in [0.05, 0.1) is 4.90 Å². The van der Waals surface area contributed by atoms with E-state index in [-0.39, 0.29) is 21.8 Å². The van der Waals surface area contributed by atoms with Crippen molar-refractivity contribution in [3.8, 4) is 5.75 Å². The highest BCUT2D eigenvalue weighted by molar-refractivity contribution is 7.90. The molecular weight excluding hydrogens is 284 g/mol. The number of ether oxygens (including phenoxy) is 1. The van der Waals surface area contributed by atoms with Crippen LogP contribution in [0.25, 0.3) is 0 Å². The SMILES string of the molecule is CCC1(C)C(Cl)CC1Oc1cccc(S(C)(=O)=O)c1. The first-order valence-electron chi connectivity index (χ1n) is 6.38. The van der Waals surface area contributed by atoms with Crippen molar-refractivity contribution in [2.45, 2.75) is 43.1 Å². The molecule has 0 bridgehead atoms. The van der Waals surface area contributed by atoms with Gasteiger partial charge in [-0.15, -0.1) is 11.6 Å². The van der Waals surface area contributed by atoms with Crippen LogP contribution in [0.15, 0.2) is 29.2 Å². The van der Waals surface area contributed by atoms with E-state index in [1.54, 1.807) is 24.3 Å². The maximum atomic E-state index is 11.5. The van der Waals surface area contributed by atoms with E-state index in [2.05, 4.69) is 13.8 Å². The van der Waals surface area contributed by atoms with Crippen LogP contribution in [0.2, 0.25) is 0 Å². The molecule has 0 radical (unpaired) electrons. The zero-order chi connectivity index (χ0) is 14.3. The van der Waals surface area contributed by atoms with Crippen molar-refractivity contribution < 1.29 is 13.2 Å². The van der Waals surface area contributed by atoms with Crippen LogP contribution >= 0.6 is 11.6 Å². The predicted molar refractivity (Wildman–Crippen MR) is 76.6 cm³/mol. The van der Waals surface area contributed by atoms with E-state index in [9.17, 15) is 8.42 Å². The molecule has 0 N–H and O–H groups in total. The first-order valence-corrected chi connectivity index (χ1v) is 8.71. The van der Waals surface area contributed by atoms with Crippen molar-refractivity contribution in [3.05, 3.63) is 24.3 Å². The van der Waals surface area contributed by atoms with Crippen LogP contribution in [0, 0.1) is 5.41 Å². The van der Waals surface area contributed by atoms with Crippen molar-refractivity contribution in [2.75, 3.05) is 6.26 Å². The van der Waals surface area contributed by atoms with Gasteiger partial charge in [0.2, 0.25) is 0 Å². The molecule has 0 amide bonds. The van der Waals surface area contributed by atoms with Crippen molar-refractivity contribution in [1.82, 2.24) is 0 Å². The minimum Gasteiger partial charge on any atom is -0.490 e. The maximum absolute atomic E-state index is 11.5.